The van der Waals surface area contributed by atoms with Crippen LogP contribution < -0.4 is 10.2 Å². The molecule has 10 nitrogen and oxygen atoms in total. The van der Waals surface area contributed by atoms with Crippen LogP contribution in [0.1, 0.15) is 12.0 Å². The highest BCUT2D eigenvalue weighted by molar-refractivity contribution is 7.90. The van der Waals surface area contributed by atoms with Crippen LogP contribution in [0.4, 0.5) is 11.4 Å². The number of nitrogens with zero attached hydrogens (tertiary/aromatic N) is 2. The molecule has 0 aliphatic carbocycles. The largest absolute Gasteiger partial charge is 0.515 e. The minimum Gasteiger partial charge on any atom is -0.515 e. The molecule has 1 heterocycles. The first-order chi connectivity index (χ1) is 15.4. The molecule has 0 radical (unpaired) electrons. The lowest BCUT2D eigenvalue weighted by Crippen LogP contribution is -2.58. The van der Waals surface area contributed by atoms with Crippen LogP contribution in [-0.2, 0) is 19.4 Å². The number of carbonyl (C=O) groups is 2. The molecule has 33 heavy (non-hydrogen) atoms. The number of nitrogens with one attached hydrogen (secondary N) is 1. The summed E-state index contributed by atoms with van der Waals surface area (Å²) in [6, 6.07) is 9.25. The topological polar surface area (TPSA) is 147 Å². The molecule has 1 saturated heterocycles. The second-order valence-corrected chi connectivity index (χ2v) is 9.90. The number of allylic oxidation sites excluding steroid dienone is 1. The first kappa shape index (κ1) is 24.3. The zero-order valence-electron chi connectivity index (χ0n) is 16.9. The predicted octanol–water partition coefficient (Wildman–Crippen LogP) is 3.00. The molecule has 1 aliphatic heterocycles. The van der Waals surface area contributed by atoms with E-state index in [2.05, 4.69) is 5.32 Å². The van der Waals surface area contributed by atoms with Gasteiger partial charge in [0.25, 0.3) is 5.69 Å². The Hall–Kier alpha value is -3.35. The van der Waals surface area contributed by atoms with E-state index >= 15 is 0 Å². The maximum atomic E-state index is 13.1. The Kier molecular flexibility index (Phi) is 6.81. The van der Waals surface area contributed by atoms with Crippen LogP contribution in [0, 0.1) is 16.0 Å². The predicted molar refractivity (Wildman–Crippen MR) is 125 cm³/mol. The average Bonchev–Trinajstić information content (AvgIpc) is 2.74. The maximum absolute atomic E-state index is 13.1. The van der Waals surface area contributed by atoms with E-state index in [0.717, 1.165) is 29.4 Å². The fourth-order valence-electron chi connectivity index (χ4n) is 3.25. The van der Waals surface area contributed by atoms with Crippen LogP contribution in [-0.4, -0.2) is 41.6 Å². The highest BCUT2D eigenvalue weighted by Crippen LogP contribution is 2.34. The molecule has 1 fully saturated rings. The molecule has 1 atom stereocenters. The Morgan fingerprint density at radius 3 is 2.45 bits per heavy atom. The molecule has 0 spiro atoms. The van der Waals surface area contributed by atoms with Gasteiger partial charge < -0.3 is 10.4 Å². The third kappa shape index (κ3) is 5.02. The zero-order chi connectivity index (χ0) is 24.5. The molecular formula is C20H16ClN3O7S2. The van der Waals surface area contributed by atoms with E-state index in [0.29, 0.717) is 17.0 Å². The molecule has 2 aromatic carbocycles. The monoisotopic (exact) mass is 509 g/mol. The third-order valence-corrected chi connectivity index (χ3v) is 6.52. The van der Waals surface area contributed by atoms with Crippen LogP contribution in [0.2, 0.25) is 5.02 Å². The number of carbonyl (C=O) groups excluding carboxylic acids is 2. The molecule has 1 aliphatic rings. The van der Waals surface area contributed by atoms with Gasteiger partial charge >= 0.3 is 0 Å². The van der Waals surface area contributed by atoms with E-state index in [1.54, 1.807) is 0 Å². The summed E-state index contributed by atoms with van der Waals surface area (Å²) < 4.78 is 23.5. The number of aliphatic hydroxyl groups excluding tert-OH is 1. The average molecular weight is 510 g/mol. The number of rotatable bonds is 6. The van der Waals surface area contributed by atoms with Crippen molar-refractivity contribution >= 4 is 67.5 Å². The number of hydrogen-bond donors (Lipinski definition) is 2. The highest BCUT2D eigenvalue weighted by atomic mass is 35.5. The summed E-state index contributed by atoms with van der Waals surface area (Å²) in [5, 5.41) is 24.0. The Morgan fingerprint density at radius 2 is 1.91 bits per heavy atom. The number of hydrogen-bond acceptors (Lipinski definition) is 8. The molecule has 3 rings (SSSR count). The van der Waals surface area contributed by atoms with Gasteiger partial charge in [-0.2, -0.15) is 0 Å². The summed E-state index contributed by atoms with van der Waals surface area (Å²) in [4.78, 5) is 37.2. The van der Waals surface area contributed by atoms with Crippen LogP contribution in [0.15, 0.2) is 53.6 Å². The molecule has 1 unspecified atom stereocenters. The summed E-state index contributed by atoms with van der Waals surface area (Å²) in [6.45, 7) is 0. The molecule has 172 valence electrons. The van der Waals surface area contributed by atoms with Crippen molar-refractivity contribution in [1.82, 2.24) is 5.32 Å². The molecule has 2 aromatic rings. The number of sulfone groups is 1. The van der Waals surface area contributed by atoms with E-state index in [9.17, 15) is 33.2 Å². The first-order valence-corrected chi connectivity index (χ1v) is 11.9. The van der Waals surface area contributed by atoms with Crippen LogP contribution >= 0.6 is 23.8 Å². The molecule has 0 bridgehead atoms. The first-order valence-electron chi connectivity index (χ1n) is 9.20. The Labute approximate surface area is 198 Å². The molecule has 2 N–H and O–H groups in total. The van der Waals surface area contributed by atoms with Crippen molar-refractivity contribution in [2.45, 2.75) is 11.3 Å². The lowest BCUT2D eigenvalue weighted by atomic mass is 9.91. The van der Waals surface area contributed by atoms with Crippen LogP contribution in [0.25, 0.3) is 5.57 Å². The van der Waals surface area contributed by atoms with Crippen LogP contribution in [0.5, 0.6) is 0 Å². The van der Waals surface area contributed by atoms with Crippen LogP contribution in [0.3, 0.4) is 0 Å². The molecule has 2 amide bonds. The second kappa shape index (κ2) is 9.25. The van der Waals surface area contributed by atoms with Gasteiger partial charge in [0.15, 0.2) is 14.9 Å². The van der Waals surface area contributed by atoms with Gasteiger partial charge in [-0.25, -0.2) is 8.42 Å². The fraction of sp³-hybridized carbons (Fsp3) is 0.150. The minimum atomic E-state index is -3.73. The summed E-state index contributed by atoms with van der Waals surface area (Å²) >= 11 is 11.0. The fourth-order valence-corrected chi connectivity index (χ4v) is 4.31. The van der Waals surface area contributed by atoms with Gasteiger partial charge in [0.2, 0.25) is 11.8 Å². The normalized spacial score (nSPS) is 17.2. The number of anilines is 1. The Morgan fingerprint density at radius 1 is 1.27 bits per heavy atom. The van der Waals surface area contributed by atoms with E-state index < -0.39 is 44.6 Å². The molecular weight excluding hydrogens is 494 g/mol. The zero-order valence-corrected chi connectivity index (χ0v) is 19.3. The number of thiocarbonyl (C=S) groups is 1. The van der Waals surface area contributed by atoms with Crippen molar-refractivity contribution < 1.29 is 28.0 Å². The Bertz CT molecular complexity index is 1310. The number of nitro benzene ring substituents is 1. The maximum Gasteiger partial charge on any atom is 0.278 e. The van der Waals surface area contributed by atoms with Crippen molar-refractivity contribution in [3.63, 3.8) is 0 Å². The number of amides is 2. The van der Waals surface area contributed by atoms with Crippen molar-refractivity contribution in [1.29, 1.82) is 0 Å². The molecule has 0 saturated carbocycles. The quantitative estimate of drug-likeness (QED) is 0.198. The number of halogens is 1. The van der Waals surface area contributed by atoms with Crippen molar-refractivity contribution in [2.24, 2.45) is 5.92 Å². The van der Waals surface area contributed by atoms with Gasteiger partial charge in [-0.3, -0.25) is 24.6 Å². The van der Waals surface area contributed by atoms with Gasteiger partial charge in [0, 0.05) is 22.9 Å². The highest BCUT2D eigenvalue weighted by Gasteiger charge is 2.40. The standard InChI is InChI=1S/C20H16ClN3O7S2/c1-33(30,31)14-6-7-15(17(9-14)24(28)29)11(10-25)8-16-18(26)22-20(32)23(19(16)27)13-4-2-12(21)3-5-13/h2-7,9-10,16,25H,8H2,1H3,(H,22,26,32)/b11-10-. The summed E-state index contributed by atoms with van der Waals surface area (Å²) in [6.07, 6.45) is 1.03. The van der Waals surface area contributed by atoms with Gasteiger partial charge in [-0.15, -0.1) is 0 Å². The van der Waals surface area contributed by atoms with E-state index in [1.165, 1.54) is 24.3 Å². The summed E-state index contributed by atoms with van der Waals surface area (Å²) in [5.41, 5.74) is -0.509. The third-order valence-electron chi connectivity index (χ3n) is 4.87. The Balaban J connectivity index is 1.99. The molecule has 13 heteroatoms. The van der Waals surface area contributed by atoms with Gasteiger partial charge in [-0.1, -0.05) is 11.6 Å². The smallest absolute Gasteiger partial charge is 0.278 e. The van der Waals surface area contributed by atoms with Gasteiger partial charge in [0.05, 0.1) is 27.3 Å². The van der Waals surface area contributed by atoms with Crippen molar-refractivity contribution in [3.05, 3.63) is 69.4 Å². The van der Waals surface area contributed by atoms with Gasteiger partial charge in [-0.05, 0) is 55.0 Å². The van der Waals surface area contributed by atoms with E-state index in [4.69, 9.17) is 23.8 Å². The van der Waals surface area contributed by atoms with Crippen molar-refractivity contribution in [2.75, 3.05) is 11.2 Å². The summed E-state index contributed by atoms with van der Waals surface area (Å²) in [7, 11) is -3.73. The SMILES string of the molecule is CS(=O)(=O)c1ccc(/C(=C\O)CC2C(=O)NC(=S)N(c3ccc(Cl)cc3)C2=O)c([N+](=O)[O-])c1. The molecule has 0 aromatic heterocycles. The van der Waals surface area contributed by atoms with E-state index in [-0.39, 0.29) is 21.1 Å². The minimum absolute atomic E-state index is 0.112. The van der Waals surface area contributed by atoms with E-state index in [1.807, 2.05) is 0 Å². The van der Waals surface area contributed by atoms with Gasteiger partial charge in [0.1, 0.15) is 5.92 Å². The lowest BCUT2D eigenvalue weighted by Gasteiger charge is -2.32. The number of nitro groups is 1. The number of aliphatic hydroxyl groups is 1. The second-order valence-electron chi connectivity index (χ2n) is 7.06. The lowest BCUT2D eigenvalue weighted by molar-refractivity contribution is -0.385. The van der Waals surface area contributed by atoms with Crippen molar-refractivity contribution in [3.8, 4) is 0 Å². The number of benzene rings is 2. The summed E-state index contributed by atoms with van der Waals surface area (Å²) in [5.74, 6) is -2.83.